The van der Waals surface area contributed by atoms with Gasteiger partial charge in [0.25, 0.3) is 0 Å². The smallest absolute Gasteiger partial charge is 0.225 e. The molecule has 0 fully saturated rings. The zero-order valence-corrected chi connectivity index (χ0v) is 14.6. The Kier molecular flexibility index (Phi) is 5.57. The second-order valence-corrected chi connectivity index (χ2v) is 6.00. The van der Waals surface area contributed by atoms with Gasteiger partial charge in [-0.2, -0.15) is 4.98 Å². The lowest BCUT2D eigenvalue weighted by Gasteiger charge is -2.14. The first-order chi connectivity index (χ1) is 12.2. The number of hydrogen-bond donors (Lipinski definition) is 2. The molecule has 0 amide bonds. The van der Waals surface area contributed by atoms with Crippen molar-refractivity contribution >= 4 is 11.8 Å². The summed E-state index contributed by atoms with van der Waals surface area (Å²) in [5, 5.41) is 6.74. The average Bonchev–Trinajstić information content (AvgIpc) is 2.67. The molecule has 25 heavy (non-hydrogen) atoms. The van der Waals surface area contributed by atoms with Gasteiger partial charge in [0.2, 0.25) is 5.95 Å². The normalized spacial score (nSPS) is 11.8. The standard InChI is InChI=1S/C20H23N5/c1-3-15(2)23-20-24-18(17-9-5-4-6-10-17)12-19(25-20)22-14-16-8-7-11-21-13-16/h4-13,15H,3,14H2,1-2H3,(H2,22,23,24,25)/t15-/m0/s1. The molecule has 0 saturated heterocycles. The number of hydrogen-bond acceptors (Lipinski definition) is 5. The molecule has 128 valence electrons. The van der Waals surface area contributed by atoms with Gasteiger partial charge in [-0.15, -0.1) is 0 Å². The molecule has 5 nitrogen and oxygen atoms in total. The van der Waals surface area contributed by atoms with E-state index in [2.05, 4.69) is 51.6 Å². The highest BCUT2D eigenvalue weighted by Crippen LogP contribution is 2.22. The van der Waals surface area contributed by atoms with Crippen molar-refractivity contribution in [2.75, 3.05) is 10.6 Å². The van der Waals surface area contributed by atoms with Crippen LogP contribution in [0.3, 0.4) is 0 Å². The number of anilines is 2. The SMILES string of the molecule is CC[C@H](C)Nc1nc(NCc2cccnc2)cc(-c2ccccc2)n1. The largest absolute Gasteiger partial charge is 0.366 e. The van der Waals surface area contributed by atoms with E-state index in [1.807, 2.05) is 42.6 Å². The van der Waals surface area contributed by atoms with Crippen molar-refractivity contribution in [2.45, 2.75) is 32.9 Å². The van der Waals surface area contributed by atoms with Crippen LogP contribution in [0.4, 0.5) is 11.8 Å². The molecule has 0 bridgehead atoms. The predicted octanol–water partition coefficient (Wildman–Crippen LogP) is 4.36. The van der Waals surface area contributed by atoms with Crippen LogP contribution in [0.1, 0.15) is 25.8 Å². The summed E-state index contributed by atoms with van der Waals surface area (Å²) in [5.41, 5.74) is 3.08. The molecule has 0 aliphatic heterocycles. The number of aromatic nitrogens is 3. The Morgan fingerprint density at radius 3 is 2.60 bits per heavy atom. The molecule has 2 N–H and O–H groups in total. The third-order valence-corrected chi connectivity index (χ3v) is 3.98. The summed E-state index contributed by atoms with van der Waals surface area (Å²) < 4.78 is 0. The summed E-state index contributed by atoms with van der Waals surface area (Å²) >= 11 is 0. The minimum Gasteiger partial charge on any atom is -0.366 e. The van der Waals surface area contributed by atoms with E-state index in [4.69, 9.17) is 0 Å². The Bertz CT molecular complexity index is 790. The zero-order valence-electron chi connectivity index (χ0n) is 14.6. The fourth-order valence-electron chi connectivity index (χ4n) is 2.38. The maximum absolute atomic E-state index is 4.67. The minimum atomic E-state index is 0.317. The van der Waals surface area contributed by atoms with Crippen molar-refractivity contribution in [3.8, 4) is 11.3 Å². The van der Waals surface area contributed by atoms with Gasteiger partial charge < -0.3 is 10.6 Å². The van der Waals surface area contributed by atoms with E-state index in [9.17, 15) is 0 Å². The third kappa shape index (κ3) is 4.76. The van der Waals surface area contributed by atoms with Gasteiger partial charge in [0.15, 0.2) is 0 Å². The molecule has 3 rings (SSSR count). The van der Waals surface area contributed by atoms with Gasteiger partial charge in [-0.05, 0) is 25.0 Å². The lowest BCUT2D eigenvalue weighted by Crippen LogP contribution is -2.16. The fourth-order valence-corrected chi connectivity index (χ4v) is 2.38. The monoisotopic (exact) mass is 333 g/mol. The first kappa shape index (κ1) is 16.9. The maximum Gasteiger partial charge on any atom is 0.225 e. The van der Waals surface area contributed by atoms with Gasteiger partial charge in [0.1, 0.15) is 5.82 Å². The third-order valence-electron chi connectivity index (χ3n) is 3.98. The van der Waals surface area contributed by atoms with Crippen molar-refractivity contribution in [1.82, 2.24) is 15.0 Å². The van der Waals surface area contributed by atoms with Crippen molar-refractivity contribution in [3.63, 3.8) is 0 Å². The predicted molar refractivity (Wildman–Crippen MR) is 102 cm³/mol. The van der Waals surface area contributed by atoms with Gasteiger partial charge >= 0.3 is 0 Å². The van der Waals surface area contributed by atoms with E-state index in [1.54, 1.807) is 6.20 Å². The Balaban J connectivity index is 1.86. The topological polar surface area (TPSA) is 62.7 Å². The molecule has 0 unspecified atom stereocenters. The lowest BCUT2D eigenvalue weighted by molar-refractivity contribution is 0.753. The molecule has 5 heteroatoms. The fraction of sp³-hybridized carbons (Fsp3) is 0.250. The van der Waals surface area contributed by atoms with Gasteiger partial charge in [-0.25, -0.2) is 4.98 Å². The number of nitrogens with zero attached hydrogens (tertiary/aromatic N) is 3. The quantitative estimate of drug-likeness (QED) is 0.672. The van der Waals surface area contributed by atoms with E-state index >= 15 is 0 Å². The van der Waals surface area contributed by atoms with E-state index in [1.165, 1.54) is 0 Å². The van der Waals surface area contributed by atoms with Crippen LogP contribution in [0.15, 0.2) is 60.9 Å². The van der Waals surface area contributed by atoms with Crippen LogP contribution in [0.25, 0.3) is 11.3 Å². The second kappa shape index (κ2) is 8.24. The summed E-state index contributed by atoms with van der Waals surface area (Å²) in [4.78, 5) is 13.4. The minimum absolute atomic E-state index is 0.317. The summed E-state index contributed by atoms with van der Waals surface area (Å²) in [6, 6.07) is 16.4. The summed E-state index contributed by atoms with van der Waals surface area (Å²) in [6.07, 6.45) is 4.64. The lowest BCUT2D eigenvalue weighted by atomic mass is 10.1. The molecule has 0 saturated carbocycles. The molecule has 2 aromatic heterocycles. The first-order valence-corrected chi connectivity index (χ1v) is 8.58. The molecule has 1 atom stereocenters. The molecule has 0 radical (unpaired) electrons. The van der Waals surface area contributed by atoms with Crippen LogP contribution >= 0.6 is 0 Å². The van der Waals surface area contributed by atoms with Crippen LogP contribution < -0.4 is 10.6 Å². The van der Waals surface area contributed by atoms with Crippen LogP contribution in [0.2, 0.25) is 0 Å². The van der Waals surface area contributed by atoms with Crippen LogP contribution in [-0.2, 0) is 6.54 Å². The Hall–Kier alpha value is -2.95. The number of rotatable bonds is 7. The van der Waals surface area contributed by atoms with Crippen LogP contribution in [-0.4, -0.2) is 21.0 Å². The van der Waals surface area contributed by atoms with E-state index < -0.39 is 0 Å². The van der Waals surface area contributed by atoms with Gasteiger partial charge in [0.05, 0.1) is 5.69 Å². The van der Waals surface area contributed by atoms with Crippen LogP contribution in [0, 0.1) is 0 Å². The average molecular weight is 333 g/mol. The second-order valence-electron chi connectivity index (χ2n) is 6.00. The van der Waals surface area contributed by atoms with Gasteiger partial charge in [0, 0.05) is 36.6 Å². The number of pyridine rings is 1. The maximum atomic E-state index is 4.67. The number of benzene rings is 1. The molecule has 0 aliphatic rings. The molecule has 3 aromatic rings. The summed E-state index contributed by atoms with van der Waals surface area (Å²) in [5.74, 6) is 1.44. The molecule has 2 heterocycles. The van der Waals surface area contributed by atoms with E-state index in [0.29, 0.717) is 18.5 Å². The van der Waals surface area contributed by atoms with E-state index in [0.717, 1.165) is 29.1 Å². The van der Waals surface area contributed by atoms with Gasteiger partial charge in [-0.1, -0.05) is 43.3 Å². The highest BCUT2D eigenvalue weighted by atomic mass is 15.2. The van der Waals surface area contributed by atoms with Crippen LogP contribution in [0.5, 0.6) is 0 Å². The highest BCUT2D eigenvalue weighted by molar-refractivity contribution is 5.64. The van der Waals surface area contributed by atoms with Gasteiger partial charge in [-0.3, -0.25) is 4.98 Å². The van der Waals surface area contributed by atoms with Crippen molar-refractivity contribution < 1.29 is 0 Å². The zero-order chi connectivity index (χ0) is 17.5. The van der Waals surface area contributed by atoms with E-state index in [-0.39, 0.29) is 0 Å². The first-order valence-electron chi connectivity index (χ1n) is 8.58. The Morgan fingerprint density at radius 2 is 1.88 bits per heavy atom. The summed E-state index contributed by atoms with van der Waals surface area (Å²) in [6.45, 7) is 4.93. The molecular weight excluding hydrogens is 310 g/mol. The molecule has 0 spiro atoms. The Labute approximate surface area is 148 Å². The number of nitrogens with one attached hydrogen (secondary N) is 2. The van der Waals surface area contributed by atoms with Crippen molar-refractivity contribution in [3.05, 3.63) is 66.5 Å². The Morgan fingerprint density at radius 1 is 1.04 bits per heavy atom. The summed E-state index contributed by atoms with van der Waals surface area (Å²) in [7, 11) is 0. The van der Waals surface area contributed by atoms with Crippen molar-refractivity contribution in [2.24, 2.45) is 0 Å². The molecule has 0 aliphatic carbocycles. The van der Waals surface area contributed by atoms with Crippen molar-refractivity contribution in [1.29, 1.82) is 0 Å². The highest BCUT2D eigenvalue weighted by Gasteiger charge is 2.08. The molecular formula is C20H23N5. The molecule has 1 aromatic carbocycles.